The lowest BCUT2D eigenvalue weighted by Crippen LogP contribution is -2.60. The van der Waals surface area contributed by atoms with Gasteiger partial charge < -0.3 is 59.8 Å². The second-order valence-corrected chi connectivity index (χ2v) is 11.7. The van der Waals surface area contributed by atoms with Crippen LogP contribution in [0.25, 0.3) is 11.2 Å². The summed E-state index contributed by atoms with van der Waals surface area (Å²) in [5.41, 5.74) is -1.55. The lowest BCUT2D eigenvalue weighted by molar-refractivity contribution is -0.318. The van der Waals surface area contributed by atoms with Gasteiger partial charge in [-0.25, -0.2) is 15.0 Å². The topological polar surface area (TPSA) is 260 Å². The Hall–Kier alpha value is -3.09. The molecule has 248 valence electrons. The van der Waals surface area contributed by atoms with Crippen LogP contribution in [0, 0.1) is 17.2 Å². The maximum atomic E-state index is 12.5. The first-order valence-corrected chi connectivity index (χ1v) is 14.6. The molecule has 1 amide bonds. The maximum absolute atomic E-state index is 12.5. The number of nitrogens with zero attached hydrogens (tertiary/aromatic N) is 7. The van der Waals surface area contributed by atoms with E-state index in [0.29, 0.717) is 25.3 Å². The number of aliphatic hydroxyl groups is 7. The Labute approximate surface area is 257 Å². The summed E-state index contributed by atoms with van der Waals surface area (Å²) in [6.45, 7) is 0.712. The minimum absolute atomic E-state index is 0.155. The molecule has 7 N–H and O–H groups in total. The number of fused-ring (bicyclic) bond motifs is 1. The molecule has 0 spiro atoms. The van der Waals surface area contributed by atoms with Gasteiger partial charge in [0.2, 0.25) is 5.91 Å². The van der Waals surface area contributed by atoms with Gasteiger partial charge in [0.05, 0.1) is 38.3 Å². The van der Waals surface area contributed by atoms with Crippen molar-refractivity contribution in [2.45, 2.75) is 80.5 Å². The third-order valence-electron chi connectivity index (χ3n) is 9.10. The monoisotopic (exact) mass is 637 g/mol. The quantitative estimate of drug-likeness (QED) is 0.138. The molecule has 2 aromatic heterocycles. The van der Waals surface area contributed by atoms with Crippen molar-refractivity contribution in [3.8, 4) is 6.07 Å². The summed E-state index contributed by atoms with van der Waals surface area (Å²) in [7, 11) is 1.80. The number of carbonyl (C=O) groups excluding carboxylic acids is 1. The second kappa shape index (κ2) is 13.3. The molecule has 3 aliphatic rings. The summed E-state index contributed by atoms with van der Waals surface area (Å²) in [4.78, 5) is 29.2. The van der Waals surface area contributed by atoms with Crippen molar-refractivity contribution >= 4 is 22.9 Å². The molecule has 5 rings (SSSR count). The second-order valence-electron chi connectivity index (χ2n) is 11.7. The molecule has 18 heteroatoms. The van der Waals surface area contributed by atoms with E-state index in [4.69, 9.17) is 19.5 Å². The molecule has 2 unspecified atom stereocenters. The van der Waals surface area contributed by atoms with Crippen LogP contribution in [0.5, 0.6) is 0 Å². The fourth-order valence-corrected chi connectivity index (χ4v) is 6.38. The van der Waals surface area contributed by atoms with Gasteiger partial charge in [0.1, 0.15) is 55.5 Å². The Morgan fingerprint density at radius 2 is 1.87 bits per heavy atom. The highest BCUT2D eigenvalue weighted by molar-refractivity contribution is 5.84. The van der Waals surface area contributed by atoms with Crippen LogP contribution < -0.4 is 4.90 Å². The number of likely N-dealkylation sites (N-methyl/N-ethyl adjacent to an activating group) is 1. The minimum Gasteiger partial charge on any atom is -0.394 e. The molecule has 2 aromatic rings. The van der Waals surface area contributed by atoms with Crippen molar-refractivity contribution in [2.24, 2.45) is 5.92 Å². The van der Waals surface area contributed by atoms with Crippen LogP contribution in [0.1, 0.15) is 19.8 Å². The summed E-state index contributed by atoms with van der Waals surface area (Å²) in [6, 6.07) is 1.71. The van der Waals surface area contributed by atoms with Crippen LogP contribution in [0.4, 0.5) is 5.82 Å². The van der Waals surface area contributed by atoms with E-state index >= 15 is 0 Å². The number of nitriles is 1. The molecule has 3 aliphatic heterocycles. The molecule has 11 atom stereocenters. The number of hydrogen-bond acceptors (Lipinski definition) is 16. The standard InChI is InChI=1S/C27H39N7O11/c1-13-4-6-33(17(38)3-5-28)7-14(13)32(2)24-18-25(30-11-29-24)34(12-31-18)27(10-37)23(42)22(16(9-36)45-27)44-26-21(41)20(40)19(39)15(8-35)43-26/h11-16,19-23,26,35-37,39-42H,3-4,6-10H2,1-2H3/t13-,14+,15-,16-,19+,20+,21-,22-,23+,26?,27?/m1/s1. The zero-order chi connectivity index (χ0) is 32.6. The largest absolute Gasteiger partial charge is 0.394 e. The van der Waals surface area contributed by atoms with Crippen molar-refractivity contribution in [1.29, 1.82) is 5.26 Å². The normalized spacial score (nSPS) is 37.1. The Morgan fingerprint density at radius 3 is 2.53 bits per heavy atom. The van der Waals surface area contributed by atoms with Crippen molar-refractivity contribution in [1.82, 2.24) is 24.4 Å². The first-order valence-electron chi connectivity index (χ1n) is 14.6. The number of aliphatic hydroxyl groups excluding tert-OH is 7. The van der Waals surface area contributed by atoms with Crippen molar-refractivity contribution < 1.29 is 54.8 Å². The number of piperidine rings is 1. The van der Waals surface area contributed by atoms with E-state index < -0.39 is 74.6 Å². The van der Waals surface area contributed by atoms with Gasteiger partial charge in [-0.1, -0.05) is 6.92 Å². The molecular weight excluding hydrogens is 598 g/mol. The zero-order valence-corrected chi connectivity index (χ0v) is 24.8. The molecule has 0 radical (unpaired) electrons. The first kappa shape index (κ1) is 33.3. The van der Waals surface area contributed by atoms with Gasteiger partial charge in [-0.05, 0) is 12.3 Å². The lowest BCUT2D eigenvalue weighted by atomic mass is 9.92. The SMILES string of the molecule is C[C@@H]1CCN(C(=O)CC#N)C[C@@H]1N(C)c1ncnc2c1ncn2C1(CO)O[C@H](CO)[C@@H](OC2O[C@H](CO)[C@H](O)[C@H](O)[C@H]2O)[C@@H]1O. The van der Waals surface area contributed by atoms with E-state index in [9.17, 15) is 40.5 Å². The van der Waals surface area contributed by atoms with Gasteiger partial charge in [0.25, 0.3) is 0 Å². The highest BCUT2D eigenvalue weighted by atomic mass is 16.7. The van der Waals surface area contributed by atoms with Crippen molar-refractivity contribution in [2.75, 3.05) is 44.9 Å². The number of imidazole rings is 1. The van der Waals surface area contributed by atoms with Gasteiger partial charge in [0.15, 0.2) is 29.0 Å². The van der Waals surface area contributed by atoms with Crippen LogP contribution in [-0.2, 0) is 24.7 Å². The Balaban J connectivity index is 1.44. The lowest BCUT2D eigenvalue weighted by Gasteiger charge is -2.42. The molecular formula is C27H39N7O11. The van der Waals surface area contributed by atoms with Crippen LogP contribution in [0.3, 0.4) is 0 Å². The van der Waals surface area contributed by atoms with Gasteiger partial charge in [-0.3, -0.25) is 9.36 Å². The van der Waals surface area contributed by atoms with Gasteiger partial charge in [-0.15, -0.1) is 0 Å². The summed E-state index contributed by atoms with van der Waals surface area (Å²) >= 11 is 0. The van der Waals surface area contributed by atoms with Crippen molar-refractivity contribution in [3.05, 3.63) is 12.7 Å². The number of aromatic nitrogens is 4. The number of anilines is 1. The fourth-order valence-electron chi connectivity index (χ4n) is 6.38. The minimum atomic E-state index is -2.00. The maximum Gasteiger partial charge on any atom is 0.236 e. The number of hydrogen-bond donors (Lipinski definition) is 7. The predicted octanol–water partition coefficient (Wildman–Crippen LogP) is -4.00. The van der Waals surface area contributed by atoms with Gasteiger partial charge in [-0.2, -0.15) is 5.26 Å². The Morgan fingerprint density at radius 1 is 1.13 bits per heavy atom. The average Bonchev–Trinajstić information content (AvgIpc) is 3.60. The molecule has 0 bridgehead atoms. The molecule has 5 heterocycles. The van der Waals surface area contributed by atoms with Gasteiger partial charge in [0, 0.05) is 20.1 Å². The number of ether oxygens (including phenoxy) is 3. The molecule has 0 saturated carbocycles. The average molecular weight is 638 g/mol. The molecule has 0 aromatic carbocycles. The highest BCUT2D eigenvalue weighted by Crippen LogP contribution is 2.41. The van der Waals surface area contributed by atoms with Gasteiger partial charge >= 0.3 is 0 Å². The number of carbonyl (C=O) groups is 1. The third kappa shape index (κ3) is 5.74. The molecule has 18 nitrogen and oxygen atoms in total. The predicted molar refractivity (Wildman–Crippen MR) is 150 cm³/mol. The number of likely N-dealkylation sites (tertiary alicyclic amines) is 1. The van der Waals surface area contributed by atoms with Crippen LogP contribution >= 0.6 is 0 Å². The summed E-state index contributed by atoms with van der Waals surface area (Å²) < 4.78 is 18.5. The first-order chi connectivity index (χ1) is 21.5. The smallest absolute Gasteiger partial charge is 0.236 e. The molecule has 3 fully saturated rings. The van der Waals surface area contributed by atoms with Crippen molar-refractivity contribution in [3.63, 3.8) is 0 Å². The van der Waals surface area contributed by atoms with E-state index in [1.807, 2.05) is 11.0 Å². The van der Waals surface area contributed by atoms with E-state index in [-0.39, 0.29) is 35.5 Å². The molecule has 3 saturated heterocycles. The Bertz CT molecular complexity index is 1390. The van der Waals surface area contributed by atoms with E-state index in [1.54, 1.807) is 11.9 Å². The summed E-state index contributed by atoms with van der Waals surface area (Å²) in [6.07, 6.45) is -9.48. The van der Waals surface area contributed by atoms with E-state index in [0.717, 1.165) is 0 Å². The van der Waals surface area contributed by atoms with E-state index in [2.05, 4.69) is 21.9 Å². The Kier molecular flexibility index (Phi) is 9.86. The van der Waals surface area contributed by atoms with Crippen LogP contribution in [0.2, 0.25) is 0 Å². The fraction of sp³-hybridized carbons (Fsp3) is 0.741. The third-order valence-corrected chi connectivity index (χ3v) is 9.10. The number of rotatable bonds is 9. The molecule has 0 aliphatic carbocycles. The van der Waals surface area contributed by atoms with Crippen LogP contribution in [0.15, 0.2) is 12.7 Å². The summed E-state index contributed by atoms with van der Waals surface area (Å²) in [5, 5.41) is 81.6. The highest BCUT2D eigenvalue weighted by Gasteiger charge is 2.59. The summed E-state index contributed by atoms with van der Waals surface area (Å²) in [5.74, 6) is 0.303. The molecule has 45 heavy (non-hydrogen) atoms. The van der Waals surface area contributed by atoms with E-state index in [1.165, 1.54) is 17.2 Å². The van der Waals surface area contributed by atoms with Crippen LogP contribution in [-0.4, -0.2) is 161 Å². The number of amides is 1. The zero-order valence-electron chi connectivity index (χ0n) is 24.8.